The summed E-state index contributed by atoms with van der Waals surface area (Å²) in [6.07, 6.45) is 0. The molecule has 0 fully saturated rings. The third-order valence-electron chi connectivity index (χ3n) is 3.88. The number of anilines is 2. The Kier molecular flexibility index (Phi) is 2.15. The van der Waals surface area contributed by atoms with E-state index in [9.17, 15) is 0 Å². The lowest BCUT2D eigenvalue weighted by molar-refractivity contribution is 1.74. The molecule has 4 aromatic carbocycles. The number of nitrogens with two attached hydrogens (primary N) is 2. The summed E-state index contributed by atoms with van der Waals surface area (Å²) in [6, 6.07) is 20.6. The van der Waals surface area contributed by atoms with Crippen LogP contribution in [-0.4, -0.2) is 0 Å². The van der Waals surface area contributed by atoms with Crippen LogP contribution in [0.2, 0.25) is 0 Å². The molecule has 0 saturated heterocycles. The van der Waals surface area contributed by atoms with E-state index in [1.807, 2.05) is 24.3 Å². The molecule has 0 saturated carbocycles. The third-order valence-corrected chi connectivity index (χ3v) is 3.88. The van der Waals surface area contributed by atoms with Crippen LogP contribution < -0.4 is 11.5 Å². The van der Waals surface area contributed by atoms with Crippen molar-refractivity contribution < 1.29 is 0 Å². The Balaban J connectivity index is 2.40. The van der Waals surface area contributed by atoms with Gasteiger partial charge in [-0.2, -0.15) is 0 Å². The molecule has 4 N–H and O–H groups in total. The molecule has 96 valence electrons. The van der Waals surface area contributed by atoms with Crippen molar-refractivity contribution in [3.63, 3.8) is 0 Å². The summed E-state index contributed by atoms with van der Waals surface area (Å²) in [5.74, 6) is 0. The molecule has 0 aliphatic rings. The van der Waals surface area contributed by atoms with E-state index in [0.29, 0.717) is 0 Å². The van der Waals surface area contributed by atoms with Crippen LogP contribution >= 0.6 is 0 Å². The second-order valence-electron chi connectivity index (χ2n) is 5.16. The summed E-state index contributed by atoms with van der Waals surface area (Å²) < 4.78 is 0. The van der Waals surface area contributed by atoms with Crippen LogP contribution in [0, 0.1) is 0 Å². The van der Waals surface area contributed by atoms with Gasteiger partial charge in [-0.25, -0.2) is 0 Å². The number of hydrogen-bond acceptors (Lipinski definition) is 2. The molecule has 0 aromatic heterocycles. The quantitative estimate of drug-likeness (QED) is 0.365. The Bertz CT molecular complexity index is 870. The highest BCUT2D eigenvalue weighted by molar-refractivity contribution is 6.26. The van der Waals surface area contributed by atoms with E-state index in [4.69, 9.17) is 11.5 Å². The van der Waals surface area contributed by atoms with E-state index in [1.54, 1.807) is 0 Å². The van der Waals surface area contributed by atoms with E-state index >= 15 is 0 Å². The molecule has 0 amide bonds. The lowest BCUT2D eigenvalue weighted by atomic mass is 9.94. The van der Waals surface area contributed by atoms with E-state index in [-0.39, 0.29) is 0 Å². The molecule has 4 rings (SSSR count). The average Bonchev–Trinajstić information content (AvgIpc) is 2.47. The maximum atomic E-state index is 5.96. The number of rotatable bonds is 0. The minimum atomic E-state index is 0.789. The first-order valence-corrected chi connectivity index (χ1v) is 6.63. The summed E-state index contributed by atoms with van der Waals surface area (Å²) in [5, 5.41) is 7.25. The second kappa shape index (κ2) is 3.87. The van der Waals surface area contributed by atoms with Crippen molar-refractivity contribution in [3.05, 3.63) is 60.7 Å². The summed E-state index contributed by atoms with van der Waals surface area (Å²) >= 11 is 0. The smallest absolute Gasteiger partial charge is 0.0320 e. The van der Waals surface area contributed by atoms with Gasteiger partial charge < -0.3 is 11.5 Å². The second-order valence-corrected chi connectivity index (χ2v) is 5.16. The van der Waals surface area contributed by atoms with Gasteiger partial charge in [0.2, 0.25) is 0 Å². The van der Waals surface area contributed by atoms with Crippen molar-refractivity contribution in [2.75, 3.05) is 11.5 Å². The molecule has 2 nitrogen and oxygen atoms in total. The van der Waals surface area contributed by atoms with Gasteiger partial charge in [-0.3, -0.25) is 0 Å². The van der Waals surface area contributed by atoms with Gasteiger partial charge >= 0.3 is 0 Å². The first kappa shape index (κ1) is 11.1. The minimum Gasteiger partial charge on any atom is -0.399 e. The minimum absolute atomic E-state index is 0.789. The molecule has 0 bridgehead atoms. The SMILES string of the molecule is Nc1ccc2c3ccc(N)cc3c3ccccc3c2c1. The Morgan fingerprint density at radius 1 is 0.450 bits per heavy atom. The molecule has 20 heavy (non-hydrogen) atoms. The number of fused-ring (bicyclic) bond motifs is 6. The van der Waals surface area contributed by atoms with Gasteiger partial charge in [0, 0.05) is 11.4 Å². The Hall–Kier alpha value is -2.74. The van der Waals surface area contributed by atoms with Crippen LogP contribution in [-0.2, 0) is 0 Å². The molecule has 4 aromatic rings. The first-order valence-electron chi connectivity index (χ1n) is 6.63. The van der Waals surface area contributed by atoms with Crippen LogP contribution in [0.4, 0.5) is 11.4 Å². The fourth-order valence-corrected chi connectivity index (χ4v) is 2.99. The molecule has 0 aliphatic carbocycles. The van der Waals surface area contributed by atoms with Crippen molar-refractivity contribution in [1.82, 2.24) is 0 Å². The van der Waals surface area contributed by atoms with Crippen LogP contribution in [0.15, 0.2) is 60.7 Å². The van der Waals surface area contributed by atoms with Gasteiger partial charge in [0.25, 0.3) is 0 Å². The zero-order valence-corrected chi connectivity index (χ0v) is 10.9. The van der Waals surface area contributed by atoms with Gasteiger partial charge in [-0.15, -0.1) is 0 Å². The molecule has 0 aliphatic heterocycles. The van der Waals surface area contributed by atoms with E-state index in [2.05, 4.69) is 36.4 Å². The van der Waals surface area contributed by atoms with Crippen molar-refractivity contribution in [3.8, 4) is 0 Å². The predicted octanol–water partition coefficient (Wildman–Crippen LogP) is 4.31. The maximum Gasteiger partial charge on any atom is 0.0320 e. The molecular weight excluding hydrogens is 244 g/mol. The molecule has 0 radical (unpaired) electrons. The number of nitrogen functional groups attached to an aromatic ring is 2. The average molecular weight is 258 g/mol. The van der Waals surface area contributed by atoms with Crippen LogP contribution in [0.3, 0.4) is 0 Å². The molecule has 0 heterocycles. The van der Waals surface area contributed by atoms with Crippen LogP contribution in [0.25, 0.3) is 32.3 Å². The van der Waals surface area contributed by atoms with Crippen molar-refractivity contribution in [2.45, 2.75) is 0 Å². The van der Waals surface area contributed by atoms with Gasteiger partial charge in [0.15, 0.2) is 0 Å². The summed E-state index contributed by atoms with van der Waals surface area (Å²) in [5.41, 5.74) is 13.5. The third kappa shape index (κ3) is 1.45. The summed E-state index contributed by atoms with van der Waals surface area (Å²) in [4.78, 5) is 0. The van der Waals surface area contributed by atoms with Crippen LogP contribution in [0.1, 0.15) is 0 Å². The van der Waals surface area contributed by atoms with Gasteiger partial charge in [-0.05, 0) is 56.6 Å². The largest absolute Gasteiger partial charge is 0.399 e. The Morgan fingerprint density at radius 3 is 1.30 bits per heavy atom. The molecule has 0 unspecified atom stereocenters. The highest BCUT2D eigenvalue weighted by Gasteiger charge is 2.08. The zero-order valence-electron chi connectivity index (χ0n) is 10.9. The predicted molar refractivity (Wildman–Crippen MR) is 87.8 cm³/mol. The zero-order chi connectivity index (χ0) is 13.7. The molecular formula is C18H14N2. The Morgan fingerprint density at radius 2 is 0.850 bits per heavy atom. The van der Waals surface area contributed by atoms with Gasteiger partial charge in [0.05, 0.1) is 0 Å². The summed E-state index contributed by atoms with van der Waals surface area (Å²) in [6.45, 7) is 0. The van der Waals surface area contributed by atoms with Gasteiger partial charge in [-0.1, -0.05) is 36.4 Å². The van der Waals surface area contributed by atoms with E-state index in [0.717, 1.165) is 11.4 Å². The topological polar surface area (TPSA) is 52.0 Å². The standard InChI is InChI=1S/C18H14N2/c19-11-5-7-15-16-8-6-12(20)10-18(16)14-4-2-1-3-13(14)17(15)9-11/h1-10H,19-20H2. The fourth-order valence-electron chi connectivity index (χ4n) is 2.99. The summed E-state index contributed by atoms with van der Waals surface area (Å²) in [7, 11) is 0. The van der Waals surface area contributed by atoms with Crippen LogP contribution in [0.5, 0.6) is 0 Å². The highest BCUT2D eigenvalue weighted by atomic mass is 14.5. The van der Waals surface area contributed by atoms with Crippen molar-refractivity contribution in [2.24, 2.45) is 0 Å². The number of benzene rings is 4. The van der Waals surface area contributed by atoms with Crippen molar-refractivity contribution in [1.29, 1.82) is 0 Å². The monoisotopic (exact) mass is 258 g/mol. The van der Waals surface area contributed by atoms with Crippen molar-refractivity contribution >= 4 is 43.7 Å². The highest BCUT2D eigenvalue weighted by Crippen LogP contribution is 2.36. The first-order chi connectivity index (χ1) is 9.74. The van der Waals surface area contributed by atoms with E-state index < -0.39 is 0 Å². The molecule has 0 atom stereocenters. The molecule has 2 heteroatoms. The normalized spacial score (nSPS) is 11.4. The van der Waals surface area contributed by atoms with E-state index in [1.165, 1.54) is 32.3 Å². The van der Waals surface area contributed by atoms with Gasteiger partial charge in [0.1, 0.15) is 0 Å². The number of hydrogen-bond donors (Lipinski definition) is 2. The Labute approximate surface area is 116 Å². The molecule has 0 spiro atoms. The lowest BCUT2D eigenvalue weighted by Gasteiger charge is -2.11. The lowest BCUT2D eigenvalue weighted by Crippen LogP contribution is -1.89. The fraction of sp³-hybridized carbons (Fsp3) is 0. The maximum absolute atomic E-state index is 5.96.